The van der Waals surface area contributed by atoms with Crippen LogP contribution in [0.4, 0.5) is 11.8 Å². The van der Waals surface area contributed by atoms with Gasteiger partial charge in [-0.2, -0.15) is 4.98 Å². The lowest BCUT2D eigenvalue weighted by molar-refractivity contribution is 0.377. The summed E-state index contributed by atoms with van der Waals surface area (Å²) in [5, 5.41) is 3.26. The summed E-state index contributed by atoms with van der Waals surface area (Å²) in [4.78, 5) is 11.4. The lowest BCUT2D eigenvalue weighted by Gasteiger charge is -2.33. The van der Waals surface area contributed by atoms with Crippen molar-refractivity contribution < 1.29 is 0 Å². The first-order valence-electron chi connectivity index (χ1n) is 7.76. The Hall–Kier alpha value is -0.840. The summed E-state index contributed by atoms with van der Waals surface area (Å²) < 4.78 is 0.994. The maximum Gasteiger partial charge on any atom is 0.224 e. The fourth-order valence-corrected chi connectivity index (χ4v) is 3.19. The zero-order chi connectivity index (χ0) is 14.4. The summed E-state index contributed by atoms with van der Waals surface area (Å²) >= 11 is 3.59. The van der Waals surface area contributed by atoms with Crippen LogP contribution in [-0.4, -0.2) is 29.6 Å². The van der Waals surface area contributed by atoms with Gasteiger partial charge in [0.15, 0.2) is 0 Å². The molecule has 0 amide bonds. The van der Waals surface area contributed by atoms with Gasteiger partial charge in [0.05, 0.1) is 4.47 Å². The molecule has 0 unspecified atom stereocenters. The van der Waals surface area contributed by atoms with Crippen LogP contribution in [-0.2, 0) is 0 Å². The van der Waals surface area contributed by atoms with E-state index in [4.69, 9.17) is 0 Å². The quantitative estimate of drug-likeness (QED) is 0.847. The van der Waals surface area contributed by atoms with E-state index >= 15 is 0 Å². The average Bonchev–Trinajstić information content (AvgIpc) is 2.48. The van der Waals surface area contributed by atoms with Gasteiger partial charge in [-0.25, -0.2) is 4.98 Å². The van der Waals surface area contributed by atoms with Crippen molar-refractivity contribution in [3.8, 4) is 0 Å². The van der Waals surface area contributed by atoms with Crippen LogP contribution >= 0.6 is 15.9 Å². The number of piperidine rings is 1. The van der Waals surface area contributed by atoms with Crippen LogP contribution in [0.5, 0.6) is 0 Å². The third kappa shape index (κ3) is 4.08. The molecule has 2 heterocycles. The molecule has 20 heavy (non-hydrogen) atoms. The SMILES string of the molecule is CCCNc1ncc(Br)c(N2CCC(CCC)CC2)n1. The minimum absolute atomic E-state index is 0.737. The van der Waals surface area contributed by atoms with Crippen molar-refractivity contribution in [2.24, 2.45) is 5.92 Å². The number of rotatable bonds is 6. The molecule has 1 N–H and O–H groups in total. The molecule has 1 aromatic rings. The predicted molar refractivity (Wildman–Crippen MR) is 88.4 cm³/mol. The summed E-state index contributed by atoms with van der Waals surface area (Å²) in [6.45, 7) is 7.55. The Kier molecular flexibility index (Phi) is 6.07. The second-order valence-corrected chi connectivity index (χ2v) is 6.37. The van der Waals surface area contributed by atoms with E-state index in [1.807, 2.05) is 6.20 Å². The Morgan fingerprint density at radius 1 is 1.30 bits per heavy atom. The van der Waals surface area contributed by atoms with E-state index < -0.39 is 0 Å². The molecule has 0 atom stereocenters. The van der Waals surface area contributed by atoms with Gasteiger partial charge in [0.2, 0.25) is 5.95 Å². The molecule has 0 saturated carbocycles. The summed E-state index contributed by atoms with van der Waals surface area (Å²) in [6, 6.07) is 0. The first-order valence-corrected chi connectivity index (χ1v) is 8.55. The second-order valence-electron chi connectivity index (χ2n) is 5.51. The van der Waals surface area contributed by atoms with E-state index in [1.54, 1.807) is 0 Å². The zero-order valence-electron chi connectivity index (χ0n) is 12.5. The Balaban J connectivity index is 2.01. The van der Waals surface area contributed by atoms with E-state index in [0.717, 1.165) is 48.2 Å². The number of hydrogen-bond donors (Lipinski definition) is 1. The third-order valence-electron chi connectivity index (χ3n) is 3.87. The highest BCUT2D eigenvalue weighted by molar-refractivity contribution is 9.10. The number of anilines is 2. The molecule has 2 rings (SSSR count). The topological polar surface area (TPSA) is 41.1 Å². The summed E-state index contributed by atoms with van der Waals surface area (Å²) in [7, 11) is 0. The van der Waals surface area contributed by atoms with Gasteiger partial charge in [-0.3, -0.25) is 0 Å². The summed E-state index contributed by atoms with van der Waals surface area (Å²) in [5.41, 5.74) is 0. The molecular formula is C15H25BrN4. The number of aromatic nitrogens is 2. The van der Waals surface area contributed by atoms with Crippen LogP contribution in [0.15, 0.2) is 10.7 Å². The molecule has 112 valence electrons. The van der Waals surface area contributed by atoms with Gasteiger partial charge >= 0.3 is 0 Å². The molecule has 5 heteroatoms. The van der Waals surface area contributed by atoms with E-state index in [0.29, 0.717) is 0 Å². The minimum atomic E-state index is 0.737. The minimum Gasteiger partial charge on any atom is -0.355 e. The van der Waals surface area contributed by atoms with Gasteiger partial charge in [0.1, 0.15) is 5.82 Å². The van der Waals surface area contributed by atoms with Crippen LogP contribution in [0.2, 0.25) is 0 Å². The monoisotopic (exact) mass is 340 g/mol. The van der Waals surface area contributed by atoms with E-state index in [2.05, 4.69) is 50.0 Å². The first-order chi connectivity index (χ1) is 9.74. The van der Waals surface area contributed by atoms with Gasteiger partial charge in [0.25, 0.3) is 0 Å². The maximum atomic E-state index is 4.66. The number of halogens is 1. The molecule has 0 aliphatic carbocycles. The number of hydrogen-bond acceptors (Lipinski definition) is 4. The average molecular weight is 341 g/mol. The fourth-order valence-electron chi connectivity index (χ4n) is 2.74. The van der Waals surface area contributed by atoms with Crippen molar-refractivity contribution in [1.29, 1.82) is 0 Å². The Bertz CT molecular complexity index is 416. The fraction of sp³-hybridized carbons (Fsp3) is 0.733. The van der Waals surface area contributed by atoms with Gasteiger partial charge < -0.3 is 10.2 Å². The molecular weight excluding hydrogens is 316 g/mol. The Morgan fingerprint density at radius 3 is 2.70 bits per heavy atom. The lowest BCUT2D eigenvalue weighted by atomic mass is 9.92. The smallest absolute Gasteiger partial charge is 0.224 e. The number of nitrogens with zero attached hydrogens (tertiary/aromatic N) is 3. The van der Waals surface area contributed by atoms with Crippen molar-refractivity contribution >= 4 is 27.7 Å². The van der Waals surface area contributed by atoms with Crippen LogP contribution in [0.3, 0.4) is 0 Å². The molecule has 0 radical (unpaired) electrons. The largest absolute Gasteiger partial charge is 0.355 e. The zero-order valence-corrected chi connectivity index (χ0v) is 14.1. The summed E-state index contributed by atoms with van der Waals surface area (Å²) in [5.74, 6) is 2.67. The third-order valence-corrected chi connectivity index (χ3v) is 4.43. The molecule has 1 saturated heterocycles. The Morgan fingerprint density at radius 2 is 2.05 bits per heavy atom. The van der Waals surface area contributed by atoms with E-state index in [9.17, 15) is 0 Å². The molecule has 1 aliphatic heterocycles. The molecule has 1 fully saturated rings. The van der Waals surface area contributed by atoms with Crippen molar-refractivity contribution in [3.05, 3.63) is 10.7 Å². The van der Waals surface area contributed by atoms with Gasteiger partial charge in [-0.1, -0.05) is 26.7 Å². The molecule has 4 nitrogen and oxygen atoms in total. The van der Waals surface area contributed by atoms with Crippen LogP contribution < -0.4 is 10.2 Å². The van der Waals surface area contributed by atoms with Crippen molar-refractivity contribution in [1.82, 2.24) is 9.97 Å². The van der Waals surface area contributed by atoms with Gasteiger partial charge in [0, 0.05) is 25.8 Å². The molecule has 1 aliphatic rings. The van der Waals surface area contributed by atoms with Crippen molar-refractivity contribution in [2.75, 3.05) is 29.9 Å². The normalized spacial score (nSPS) is 16.4. The van der Waals surface area contributed by atoms with Gasteiger partial charge in [-0.05, 0) is 41.1 Å². The van der Waals surface area contributed by atoms with Crippen LogP contribution in [0.1, 0.15) is 46.0 Å². The molecule has 0 aromatic carbocycles. The van der Waals surface area contributed by atoms with Crippen LogP contribution in [0, 0.1) is 5.92 Å². The van der Waals surface area contributed by atoms with Crippen molar-refractivity contribution in [3.63, 3.8) is 0 Å². The van der Waals surface area contributed by atoms with E-state index in [1.165, 1.54) is 25.7 Å². The lowest BCUT2D eigenvalue weighted by Crippen LogP contribution is -2.34. The highest BCUT2D eigenvalue weighted by atomic mass is 79.9. The Labute approximate surface area is 130 Å². The first kappa shape index (κ1) is 15.5. The standard InChI is InChI=1S/C15H25BrN4/c1-3-5-12-6-9-20(10-7-12)14-13(16)11-18-15(19-14)17-8-4-2/h11-12H,3-10H2,1-2H3,(H,17,18,19). The van der Waals surface area contributed by atoms with Crippen LogP contribution in [0.25, 0.3) is 0 Å². The molecule has 0 bridgehead atoms. The van der Waals surface area contributed by atoms with Gasteiger partial charge in [-0.15, -0.1) is 0 Å². The van der Waals surface area contributed by atoms with E-state index in [-0.39, 0.29) is 0 Å². The highest BCUT2D eigenvalue weighted by Crippen LogP contribution is 2.29. The molecule has 1 aromatic heterocycles. The predicted octanol–water partition coefficient (Wildman–Crippen LogP) is 4.08. The molecule has 0 spiro atoms. The van der Waals surface area contributed by atoms with Crippen molar-refractivity contribution in [2.45, 2.75) is 46.0 Å². The second kappa shape index (κ2) is 7.81. The number of nitrogens with one attached hydrogen (secondary N) is 1. The summed E-state index contributed by atoms with van der Waals surface area (Å²) in [6.07, 6.45) is 8.16. The maximum absolute atomic E-state index is 4.66. The highest BCUT2D eigenvalue weighted by Gasteiger charge is 2.21.